The summed E-state index contributed by atoms with van der Waals surface area (Å²) in [6.07, 6.45) is 0. The van der Waals surface area contributed by atoms with E-state index in [1.54, 1.807) is 39.8 Å². The predicted molar refractivity (Wildman–Crippen MR) is 92.5 cm³/mol. The minimum absolute atomic E-state index is 0.0358. The molecule has 140 valence electrons. The van der Waals surface area contributed by atoms with Crippen molar-refractivity contribution in [3.05, 3.63) is 34.8 Å². The summed E-state index contributed by atoms with van der Waals surface area (Å²) in [6.45, 7) is 6.52. The lowest BCUT2D eigenvalue weighted by atomic mass is 9.97. The zero-order valence-electron chi connectivity index (χ0n) is 15.5. The molecule has 0 atom stereocenters. The number of nitrogens with zero attached hydrogens (tertiary/aromatic N) is 2. The third-order valence-corrected chi connectivity index (χ3v) is 3.55. The number of esters is 2. The number of hydrogen-bond donors (Lipinski definition) is 0. The van der Waals surface area contributed by atoms with Crippen LogP contribution in [-0.2, 0) is 20.9 Å². The average molecular weight is 362 g/mol. The zero-order valence-corrected chi connectivity index (χ0v) is 15.5. The molecule has 0 saturated heterocycles. The Bertz CT molecular complexity index is 842. The molecule has 0 aliphatic rings. The predicted octanol–water partition coefficient (Wildman–Crippen LogP) is 2.14. The van der Waals surface area contributed by atoms with Gasteiger partial charge in [-0.15, -0.1) is 0 Å². The van der Waals surface area contributed by atoms with Crippen molar-refractivity contribution in [1.29, 1.82) is 0 Å². The molecule has 1 heterocycles. The fourth-order valence-corrected chi connectivity index (χ4v) is 2.17. The van der Waals surface area contributed by atoms with Crippen LogP contribution in [-0.4, -0.2) is 30.6 Å². The second-order valence-corrected chi connectivity index (χ2v) is 6.60. The molecule has 0 amide bonds. The largest absolute Gasteiger partial charge is 0.618 e. The lowest BCUT2D eigenvalue weighted by molar-refractivity contribution is -0.581. The van der Waals surface area contributed by atoms with E-state index in [0.717, 1.165) is 0 Å². The molecule has 0 radical (unpaired) electrons. The Labute approximate surface area is 151 Å². The van der Waals surface area contributed by atoms with Gasteiger partial charge >= 0.3 is 17.6 Å². The van der Waals surface area contributed by atoms with Gasteiger partial charge < -0.3 is 19.4 Å². The number of carbonyl (C=O) groups is 2. The first-order valence-corrected chi connectivity index (χ1v) is 8.13. The molecule has 0 bridgehead atoms. The smallest absolute Gasteiger partial charge is 0.407 e. The van der Waals surface area contributed by atoms with Gasteiger partial charge in [-0.05, 0) is 39.8 Å². The lowest BCUT2D eigenvalue weighted by Gasteiger charge is -2.17. The number of carbonyl (C=O) groups excluding carboxylic acids is 2. The summed E-state index contributed by atoms with van der Waals surface area (Å²) in [6, 6.07) is 4.71. The number of hydrogen-bond acceptors (Lipinski definition) is 7. The maximum atomic E-state index is 12.8. The molecule has 1 aromatic heterocycles. The third-order valence-electron chi connectivity index (χ3n) is 3.55. The van der Waals surface area contributed by atoms with E-state index in [9.17, 15) is 14.8 Å². The van der Waals surface area contributed by atoms with Crippen LogP contribution in [0.1, 0.15) is 43.9 Å². The van der Waals surface area contributed by atoms with Crippen molar-refractivity contribution >= 4 is 23.0 Å². The molecule has 1 aromatic carbocycles. The highest BCUT2D eigenvalue weighted by Crippen LogP contribution is 2.20. The summed E-state index contributed by atoms with van der Waals surface area (Å²) in [5, 5.41) is 12.8. The Balaban J connectivity index is 2.54. The quantitative estimate of drug-likeness (QED) is 0.456. The monoisotopic (exact) mass is 362 g/mol. The normalized spacial score (nSPS) is 11.3. The molecule has 0 spiro atoms. The van der Waals surface area contributed by atoms with E-state index in [4.69, 9.17) is 14.2 Å². The van der Waals surface area contributed by atoms with Gasteiger partial charge in [0.05, 0.1) is 25.2 Å². The topological polar surface area (TPSA) is 102 Å². The minimum atomic E-state index is -0.832. The summed E-state index contributed by atoms with van der Waals surface area (Å²) in [5.41, 5.74) is -0.501. The van der Waals surface area contributed by atoms with E-state index in [0.29, 0.717) is 16.0 Å². The molecular formula is C18H22N2O6. The average Bonchev–Trinajstić information content (AvgIpc) is 2.58. The number of aromatic nitrogens is 2. The van der Waals surface area contributed by atoms with Gasteiger partial charge in [0.25, 0.3) is 0 Å². The molecule has 8 heteroatoms. The van der Waals surface area contributed by atoms with Gasteiger partial charge in [-0.3, -0.25) is 4.79 Å². The standard InChI is InChI=1S/C18H22N2O6/c1-6-25-16(21)15-13(10-26-17(22)18(2,3)4)19-12-8-7-11(24-5)9-14(12)20(15)23/h7-9H,6,10H2,1-5H3. The van der Waals surface area contributed by atoms with Crippen molar-refractivity contribution < 1.29 is 28.5 Å². The van der Waals surface area contributed by atoms with Crippen molar-refractivity contribution in [1.82, 2.24) is 4.98 Å². The number of ether oxygens (including phenoxy) is 3. The van der Waals surface area contributed by atoms with Crippen LogP contribution in [0.15, 0.2) is 18.2 Å². The van der Waals surface area contributed by atoms with E-state index < -0.39 is 17.4 Å². The number of methoxy groups -OCH3 is 1. The fourth-order valence-electron chi connectivity index (χ4n) is 2.17. The van der Waals surface area contributed by atoms with E-state index >= 15 is 0 Å². The second kappa shape index (κ2) is 7.55. The van der Waals surface area contributed by atoms with Crippen LogP contribution in [0.3, 0.4) is 0 Å². The van der Waals surface area contributed by atoms with Crippen molar-refractivity contribution in [3.63, 3.8) is 0 Å². The van der Waals surface area contributed by atoms with Crippen LogP contribution >= 0.6 is 0 Å². The number of fused-ring (bicyclic) bond motifs is 1. The molecule has 0 N–H and O–H groups in total. The van der Waals surface area contributed by atoms with Gasteiger partial charge in [-0.2, -0.15) is 4.73 Å². The van der Waals surface area contributed by atoms with Crippen LogP contribution in [0.4, 0.5) is 0 Å². The molecule has 0 aliphatic heterocycles. The number of benzene rings is 1. The first-order valence-electron chi connectivity index (χ1n) is 8.13. The van der Waals surface area contributed by atoms with Crippen LogP contribution in [0.25, 0.3) is 11.0 Å². The number of rotatable bonds is 5. The third kappa shape index (κ3) is 4.01. The molecule has 0 saturated carbocycles. The van der Waals surface area contributed by atoms with Gasteiger partial charge in [0.1, 0.15) is 17.9 Å². The van der Waals surface area contributed by atoms with Gasteiger partial charge in [0, 0.05) is 0 Å². The highest BCUT2D eigenvalue weighted by Gasteiger charge is 2.30. The summed E-state index contributed by atoms with van der Waals surface area (Å²) < 4.78 is 15.7. The van der Waals surface area contributed by atoms with Gasteiger partial charge in [0.15, 0.2) is 5.69 Å². The maximum absolute atomic E-state index is 12.8. The Morgan fingerprint density at radius 2 is 1.92 bits per heavy atom. The molecule has 0 fully saturated rings. The molecule has 2 aromatic rings. The Hall–Kier alpha value is -2.90. The van der Waals surface area contributed by atoms with E-state index in [1.807, 2.05) is 0 Å². The highest BCUT2D eigenvalue weighted by atomic mass is 16.5. The summed E-state index contributed by atoms with van der Waals surface area (Å²) >= 11 is 0. The van der Waals surface area contributed by atoms with Crippen LogP contribution in [0.2, 0.25) is 0 Å². The first kappa shape index (κ1) is 19.4. The highest BCUT2D eigenvalue weighted by molar-refractivity contribution is 5.88. The lowest BCUT2D eigenvalue weighted by Crippen LogP contribution is -2.39. The summed E-state index contributed by atoms with van der Waals surface area (Å²) in [5.74, 6) is -0.853. The Kier molecular flexibility index (Phi) is 5.64. The van der Waals surface area contributed by atoms with Crippen LogP contribution in [0.5, 0.6) is 5.75 Å². The SMILES string of the molecule is CCOC(=O)c1c(COC(=O)C(C)(C)C)nc2ccc(OC)cc2[n+]1[O-]. The van der Waals surface area contributed by atoms with Gasteiger partial charge in [0.2, 0.25) is 5.52 Å². The Morgan fingerprint density at radius 3 is 2.50 bits per heavy atom. The van der Waals surface area contributed by atoms with Gasteiger partial charge in [-0.25, -0.2) is 9.78 Å². The van der Waals surface area contributed by atoms with E-state index in [1.165, 1.54) is 13.2 Å². The van der Waals surface area contributed by atoms with E-state index in [2.05, 4.69) is 4.98 Å². The van der Waals surface area contributed by atoms with E-state index in [-0.39, 0.29) is 30.1 Å². The van der Waals surface area contributed by atoms with Crippen LogP contribution < -0.4 is 9.47 Å². The fraction of sp³-hybridized carbons (Fsp3) is 0.444. The molecule has 26 heavy (non-hydrogen) atoms. The second-order valence-electron chi connectivity index (χ2n) is 6.60. The van der Waals surface area contributed by atoms with Crippen molar-refractivity contribution in [2.75, 3.05) is 13.7 Å². The molecule has 0 unspecified atom stereocenters. The summed E-state index contributed by atoms with van der Waals surface area (Å²) in [7, 11) is 1.47. The van der Waals surface area contributed by atoms with Crippen molar-refractivity contribution in [3.8, 4) is 5.75 Å². The van der Waals surface area contributed by atoms with Crippen molar-refractivity contribution in [2.24, 2.45) is 5.41 Å². The first-order chi connectivity index (χ1) is 12.2. The zero-order chi connectivity index (χ0) is 19.5. The molecule has 8 nitrogen and oxygen atoms in total. The summed E-state index contributed by atoms with van der Waals surface area (Å²) in [4.78, 5) is 28.6. The molecule has 2 rings (SSSR count). The molecular weight excluding hydrogens is 340 g/mol. The molecule has 0 aliphatic carbocycles. The maximum Gasteiger partial charge on any atom is 0.407 e. The minimum Gasteiger partial charge on any atom is -0.618 e. The van der Waals surface area contributed by atoms with Crippen molar-refractivity contribution in [2.45, 2.75) is 34.3 Å². The van der Waals surface area contributed by atoms with Gasteiger partial charge in [-0.1, -0.05) is 0 Å². The van der Waals surface area contributed by atoms with Crippen LogP contribution in [0, 0.1) is 10.6 Å². The Morgan fingerprint density at radius 1 is 1.23 bits per heavy atom.